The molecule has 0 saturated heterocycles. The van der Waals surface area contributed by atoms with Crippen molar-refractivity contribution in [2.75, 3.05) is 6.61 Å². The molecule has 0 amide bonds. The second-order valence-electron chi connectivity index (χ2n) is 5.39. The summed E-state index contributed by atoms with van der Waals surface area (Å²) >= 11 is 0. The first kappa shape index (κ1) is 16.4. The lowest BCUT2D eigenvalue weighted by atomic mass is 10.2. The van der Waals surface area contributed by atoms with Crippen LogP contribution in [0.4, 0.5) is 11.4 Å². The molecule has 1 aromatic heterocycles. The number of nitro benzene ring substituents is 1. The minimum absolute atomic E-state index is 0.165. The third-order valence-electron chi connectivity index (χ3n) is 3.83. The normalized spacial score (nSPS) is 10.7. The van der Waals surface area contributed by atoms with Gasteiger partial charge < -0.3 is 14.4 Å². The molecule has 3 rings (SSSR count). The van der Waals surface area contributed by atoms with Crippen LogP contribution in [0, 0.1) is 15.0 Å². The van der Waals surface area contributed by atoms with Crippen LogP contribution in [0.1, 0.15) is 6.42 Å². The molecular formula is C17H15N3O5. The molecule has 25 heavy (non-hydrogen) atoms. The molecule has 0 bridgehead atoms. The smallest absolute Gasteiger partial charge is 0.270 e. The third-order valence-corrected chi connectivity index (χ3v) is 3.83. The molecular weight excluding hydrogens is 326 g/mol. The van der Waals surface area contributed by atoms with Crippen molar-refractivity contribution in [3.05, 3.63) is 63.6 Å². The number of aromatic nitrogens is 1. The number of nitro groups is 1. The zero-order valence-corrected chi connectivity index (χ0v) is 13.2. The Bertz CT molecular complexity index is 921. The number of non-ortho nitro benzene ring substituents is 1. The molecule has 3 aromatic rings. The summed E-state index contributed by atoms with van der Waals surface area (Å²) in [6.07, 6.45) is 0.571. The van der Waals surface area contributed by atoms with E-state index >= 15 is 0 Å². The van der Waals surface area contributed by atoms with Crippen molar-refractivity contribution >= 4 is 22.3 Å². The average Bonchev–Trinajstić information content (AvgIpc) is 2.89. The van der Waals surface area contributed by atoms with Gasteiger partial charge in [0.2, 0.25) is 5.88 Å². The maximum atomic E-state index is 11.0. The SMILES string of the molecule is O=Nc1c(O)n(CCCOc2ccccc2)c2ccc([N+](=O)[O-])cc12. The molecule has 1 heterocycles. The van der Waals surface area contributed by atoms with Crippen LogP contribution in [0.25, 0.3) is 10.9 Å². The molecule has 0 fully saturated rings. The van der Waals surface area contributed by atoms with E-state index in [9.17, 15) is 20.1 Å². The predicted octanol–water partition coefficient (Wildman–Crippen LogP) is 4.12. The van der Waals surface area contributed by atoms with Crippen molar-refractivity contribution in [1.29, 1.82) is 0 Å². The van der Waals surface area contributed by atoms with Crippen LogP contribution in [0.2, 0.25) is 0 Å². The van der Waals surface area contributed by atoms with E-state index in [2.05, 4.69) is 5.18 Å². The lowest BCUT2D eigenvalue weighted by Gasteiger charge is -2.08. The minimum Gasteiger partial charge on any atom is -0.494 e. The number of rotatable bonds is 7. The Kier molecular flexibility index (Phi) is 4.60. The Balaban J connectivity index is 1.80. The van der Waals surface area contributed by atoms with Gasteiger partial charge in [0.1, 0.15) is 5.75 Å². The molecule has 0 unspecified atom stereocenters. The molecule has 8 heteroatoms. The van der Waals surface area contributed by atoms with Gasteiger partial charge in [-0.1, -0.05) is 18.2 Å². The van der Waals surface area contributed by atoms with E-state index < -0.39 is 4.92 Å². The summed E-state index contributed by atoms with van der Waals surface area (Å²) < 4.78 is 7.10. The van der Waals surface area contributed by atoms with Crippen molar-refractivity contribution in [2.24, 2.45) is 5.18 Å². The molecule has 0 aliphatic rings. The van der Waals surface area contributed by atoms with Gasteiger partial charge in [-0.05, 0) is 29.8 Å². The van der Waals surface area contributed by atoms with Crippen LogP contribution in [-0.2, 0) is 6.54 Å². The fraction of sp³-hybridized carbons (Fsp3) is 0.176. The second kappa shape index (κ2) is 7.00. The number of nitrogens with zero attached hydrogens (tertiary/aromatic N) is 3. The van der Waals surface area contributed by atoms with Gasteiger partial charge >= 0.3 is 0 Å². The molecule has 2 aromatic carbocycles. The first-order valence-corrected chi connectivity index (χ1v) is 7.62. The molecule has 0 radical (unpaired) electrons. The zero-order valence-electron chi connectivity index (χ0n) is 13.2. The quantitative estimate of drug-likeness (QED) is 0.301. The first-order chi connectivity index (χ1) is 12.1. The number of ether oxygens (including phenoxy) is 1. The molecule has 1 N–H and O–H groups in total. The summed E-state index contributed by atoms with van der Waals surface area (Å²) in [4.78, 5) is 21.4. The van der Waals surface area contributed by atoms with Gasteiger partial charge in [-0.25, -0.2) is 0 Å². The third kappa shape index (κ3) is 3.27. The second-order valence-corrected chi connectivity index (χ2v) is 5.39. The van der Waals surface area contributed by atoms with Gasteiger partial charge in [0, 0.05) is 24.1 Å². The van der Waals surface area contributed by atoms with E-state index in [0.717, 1.165) is 5.75 Å². The van der Waals surface area contributed by atoms with Gasteiger partial charge in [0.25, 0.3) is 5.69 Å². The number of nitroso groups, excluding NO2 is 1. The van der Waals surface area contributed by atoms with Gasteiger partial charge in [-0.15, -0.1) is 4.91 Å². The van der Waals surface area contributed by atoms with Crippen LogP contribution in [0.15, 0.2) is 53.7 Å². The maximum Gasteiger partial charge on any atom is 0.270 e. The molecule has 8 nitrogen and oxygen atoms in total. The minimum atomic E-state index is -0.559. The van der Waals surface area contributed by atoms with Crippen LogP contribution < -0.4 is 4.74 Å². The number of hydrogen-bond acceptors (Lipinski definition) is 6. The lowest BCUT2D eigenvalue weighted by molar-refractivity contribution is -0.384. The number of aryl methyl sites for hydroxylation is 1. The monoisotopic (exact) mass is 341 g/mol. The van der Waals surface area contributed by atoms with E-state index in [1.54, 1.807) is 0 Å². The van der Waals surface area contributed by atoms with E-state index in [4.69, 9.17) is 4.74 Å². The van der Waals surface area contributed by atoms with E-state index in [0.29, 0.717) is 25.1 Å². The topological polar surface area (TPSA) is 107 Å². The highest BCUT2D eigenvalue weighted by Gasteiger charge is 2.20. The van der Waals surface area contributed by atoms with Crippen molar-refractivity contribution in [3.63, 3.8) is 0 Å². The lowest BCUT2D eigenvalue weighted by Crippen LogP contribution is -2.04. The Morgan fingerprint density at radius 2 is 1.96 bits per heavy atom. The summed E-state index contributed by atoms with van der Waals surface area (Å²) in [7, 11) is 0. The largest absolute Gasteiger partial charge is 0.494 e. The summed E-state index contributed by atoms with van der Waals surface area (Å²) in [5.41, 5.74) is 0.155. The van der Waals surface area contributed by atoms with E-state index in [-0.39, 0.29) is 22.6 Å². The van der Waals surface area contributed by atoms with Gasteiger partial charge in [-0.2, -0.15) is 0 Å². The highest BCUT2D eigenvalue weighted by molar-refractivity contribution is 5.96. The average molecular weight is 341 g/mol. The maximum absolute atomic E-state index is 11.0. The van der Waals surface area contributed by atoms with Crippen LogP contribution in [0.5, 0.6) is 11.6 Å². The number of fused-ring (bicyclic) bond motifs is 1. The number of hydrogen-bond donors (Lipinski definition) is 1. The van der Waals surface area contributed by atoms with Crippen LogP contribution in [0.3, 0.4) is 0 Å². The number of benzene rings is 2. The molecule has 0 aliphatic carbocycles. The molecule has 0 spiro atoms. The fourth-order valence-electron chi connectivity index (χ4n) is 2.67. The van der Waals surface area contributed by atoms with Crippen LogP contribution in [-0.4, -0.2) is 21.2 Å². The molecule has 0 saturated carbocycles. The van der Waals surface area contributed by atoms with Gasteiger partial charge in [0.05, 0.1) is 17.0 Å². The van der Waals surface area contributed by atoms with Crippen molar-refractivity contribution < 1.29 is 14.8 Å². The van der Waals surface area contributed by atoms with Gasteiger partial charge in [0.15, 0.2) is 5.69 Å². The molecule has 0 atom stereocenters. The Morgan fingerprint density at radius 1 is 1.20 bits per heavy atom. The fourth-order valence-corrected chi connectivity index (χ4v) is 2.67. The first-order valence-electron chi connectivity index (χ1n) is 7.62. The van der Waals surface area contributed by atoms with Crippen LogP contribution >= 0.6 is 0 Å². The highest BCUT2D eigenvalue weighted by Crippen LogP contribution is 2.40. The van der Waals surface area contributed by atoms with E-state index in [1.165, 1.54) is 22.8 Å². The number of para-hydroxylation sites is 1. The Morgan fingerprint density at radius 3 is 2.64 bits per heavy atom. The van der Waals surface area contributed by atoms with E-state index in [1.807, 2.05) is 30.3 Å². The molecule has 128 valence electrons. The highest BCUT2D eigenvalue weighted by atomic mass is 16.6. The van der Waals surface area contributed by atoms with Crippen molar-refractivity contribution in [3.8, 4) is 11.6 Å². The summed E-state index contributed by atoms with van der Waals surface area (Å²) in [6, 6.07) is 13.4. The predicted molar refractivity (Wildman–Crippen MR) is 92.3 cm³/mol. The molecule has 0 aliphatic heterocycles. The standard InChI is InChI=1S/C17H15N3O5/c21-17-16(18-22)14-11-12(20(23)24)7-8-15(14)19(17)9-4-10-25-13-5-2-1-3-6-13/h1-3,5-8,11,21H,4,9-10H2. The number of aromatic hydroxyl groups is 1. The summed E-state index contributed by atoms with van der Waals surface area (Å²) in [5, 5.41) is 24.2. The summed E-state index contributed by atoms with van der Waals surface area (Å²) in [5.74, 6) is 0.445. The Labute approximate surface area is 142 Å². The summed E-state index contributed by atoms with van der Waals surface area (Å²) in [6.45, 7) is 0.794. The van der Waals surface area contributed by atoms with Gasteiger partial charge in [-0.3, -0.25) is 10.1 Å². The zero-order chi connectivity index (χ0) is 17.8. The Hall–Kier alpha value is -3.42. The van der Waals surface area contributed by atoms with Crippen molar-refractivity contribution in [1.82, 2.24) is 4.57 Å². The van der Waals surface area contributed by atoms with Crippen molar-refractivity contribution in [2.45, 2.75) is 13.0 Å².